The fraction of sp³-hybridized carbons (Fsp3) is 0.484. The summed E-state index contributed by atoms with van der Waals surface area (Å²) in [5, 5.41) is 7.29. The monoisotopic (exact) mass is 659 g/mol. The Labute approximate surface area is 257 Å². The second kappa shape index (κ2) is 13.6. The summed E-state index contributed by atoms with van der Waals surface area (Å²) >= 11 is 1.20. The van der Waals surface area contributed by atoms with Gasteiger partial charge in [-0.3, -0.25) is 0 Å². The van der Waals surface area contributed by atoms with Gasteiger partial charge in [-0.05, 0) is 88.3 Å². The first-order valence-electron chi connectivity index (χ1n) is 14.2. The molecule has 0 bridgehead atoms. The number of anilines is 2. The van der Waals surface area contributed by atoms with E-state index in [-0.39, 0.29) is 34.5 Å². The summed E-state index contributed by atoms with van der Waals surface area (Å²) in [6, 6.07) is 10.3. The quantitative estimate of drug-likeness (QED) is 0.139. The highest BCUT2D eigenvalue weighted by atomic mass is 32.1. The van der Waals surface area contributed by atoms with E-state index in [4.69, 9.17) is 4.74 Å². The molecule has 44 heavy (non-hydrogen) atoms. The van der Waals surface area contributed by atoms with Gasteiger partial charge in [0.05, 0.1) is 33.9 Å². The summed E-state index contributed by atoms with van der Waals surface area (Å²) < 4.78 is 97.6. The number of fused-ring (bicyclic) bond motifs is 1. The largest absolute Gasteiger partial charge is 0.482 e. The van der Waals surface area contributed by atoms with Gasteiger partial charge in [0.1, 0.15) is 12.9 Å². The molecule has 5 nitrogen and oxygen atoms in total. The van der Waals surface area contributed by atoms with Crippen molar-refractivity contribution in [2.24, 2.45) is 0 Å². The molecule has 1 heterocycles. The second-order valence-corrected chi connectivity index (χ2v) is 15.8. The summed E-state index contributed by atoms with van der Waals surface area (Å²) in [6.07, 6.45) is -6.16. The molecule has 0 spiro atoms. The minimum Gasteiger partial charge on any atom is -0.482 e. The molecule has 1 aromatic heterocycles. The van der Waals surface area contributed by atoms with Crippen LogP contribution in [0.15, 0.2) is 36.4 Å². The van der Waals surface area contributed by atoms with E-state index in [9.17, 15) is 30.9 Å². The topological polar surface area (TPSA) is 53.6 Å². The van der Waals surface area contributed by atoms with Crippen LogP contribution >= 0.6 is 18.5 Å². The Morgan fingerprint density at radius 2 is 1.70 bits per heavy atom. The molecule has 1 aliphatic rings. The molecule has 13 heteroatoms. The zero-order chi connectivity index (χ0) is 32.3. The first-order chi connectivity index (χ1) is 20.5. The number of alkyl halides is 6. The van der Waals surface area contributed by atoms with Crippen LogP contribution in [0.5, 0.6) is 5.75 Å². The lowest BCUT2D eigenvalue weighted by molar-refractivity contribution is -0.153. The number of benzene rings is 2. The van der Waals surface area contributed by atoms with Gasteiger partial charge in [-0.15, -0.1) is 11.3 Å². The van der Waals surface area contributed by atoms with Gasteiger partial charge >= 0.3 is 12.4 Å². The highest BCUT2D eigenvalue weighted by Crippen LogP contribution is 2.40. The lowest BCUT2D eigenvalue weighted by Crippen LogP contribution is -2.36. The average Bonchev–Trinajstić information content (AvgIpc) is 3.26. The van der Waals surface area contributed by atoms with E-state index in [0.29, 0.717) is 21.4 Å². The lowest BCUT2D eigenvalue weighted by atomic mass is 9.90. The Kier molecular flexibility index (Phi) is 10.5. The summed E-state index contributed by atoms with van der Waals surface area (Å²) in [5.41, 5.74) is 1.08. The van der Waals surface area contributed by atoms with Crippen LogP contribution in [0, 0.1) is 11.8 Å². The molecule has 1 fully saturated rings. The molecule has 1 saturated carbocycles. The molecule has 0 saturated heterocycles. The van der Waals surface area contributed by atoms with Crippen molar-refractivity contribution in [2.75, 3.05) is 51.2 Å². The molecule has 0 unspecified atom stereocenters. The number of nitrogens with zero attached hydrogens (tertiary/aromatic N) is 1. The van der Waals surface area contributed by atoms with Gasteiger partial charge in [0.2, 0.25) is 0 Å². The van der Waals surface area contributed by atoms with Crippen LogP contribution in [0.25, 0.3) is 10.1 Å². The lowest BCUT2D eigenvalue weighted by Gasteiger charge is -2.33. The van der Waals surface area contributed by atoms with E-state index in [1.807, 2.05) is 6.07 Å². The SMILES string of the molecule is CN(C)C1CCC(Nc2cccc3c(CC(F)(F)F)c(C#CCNc4ccc(P(C)(C)=O)cc4OCC(F)(F)F)sc23)CC1. The van der Waals surface area contributed by atoms with Crippen molar-refractivity contribution in [2.45, 2.75) is 56.5 Å². The van der Waals surface area contributed by atoms with Gasteiger partial charge in [-0.2, -0.15) is 26.3 Å². The van der Waals surface area contributed by atoms with Crippen LogP contribution in [0.3, 0.4) is 0 Å². The number of ether oxygens (including phenoxy) is 1. The van der Waals surface area contributed by atoms with Crippen LogP contribution in [0.4, 0.5) is 37.7 Å². The van der Waals surface area contributed by atoms with Gasteiger partial charge in [-0.25, -0.2) is 0 Å². The highest BCUT2D eigenvalue weighted by molar-refractivity contribution is 7.70. The van der Waals surface area contributed by atoms with Gasteiger partial charge in [-0.1, -0.05) is 24.0 Å². The second-order valence-electron chi connectivity index (χ2n) is 11.6. The highest BCUT2D eigenvalue weighted by Gasteiger charge is 2.32. The summed E-state index contributed by atoms with van der Waals surface area (Å²) in [6.45, 7) is 1.38. The van der Waals surface area contributed by atoms with E-state index >= 15 is 0 Å². The third-order valence-electron chi connectivity index (χ3n) is 7.53. The van der Waals surface area contributed by atoms with Gasteiger partial charge < -0.3 is 24.8 Å². The van der Waals surface area contributed by atoms with Crippen LogP contribution in [0.2, 0.25) is 0 Å². The molecular formula is C31H36F6N3O2PS. The zero-order valence-electron chi connectivity index (χ0n) is 25.0. The van der Waals surface area contributed by atoms with Crippen molar-refractivity contribution < 1.29 is 35.6 Å². The average molecular weight is 660 g/mol. The van der Waals surface area contributed by atoms with Crippen LogP contribution in [-0.4, -0.2) is 69.9 Å². The van der Waals surface area contributed by atoms with E-state index in [1.165, 1.54) is 42.9 Å². The van der Waals surface area contributed by atoms with Crippen molar-refractivity contribution >= 4 is 45.2 Å². The maximum atomic E-state index is 13.6. The number of thiophene rings is 1. The van der Waals surface area contributed by atoms with Crippen molar-refractivity contribution in [1.82, 2.24) is 4.90 Å². The van der Waals surface area contributed by atoms with Crippen molar-refractivity contribution in [3.63, 3.8) is 0 Å². The Morgan fingerprint density at radius 3 is 2.32 bits per heavy atom. The first kappa shape index (κ1) is 34.0. The van der Waals surface area contributed by atoms with Crippen molar-refractivity contribution in [1.29, 1.82) is 0 Å². The number of nitrogens with one attached hydrogen (secondary N) is 2. The predicted molar refractivity (Wildman–Crippen MR) is 167 cm³/mol. The molecule has 2 N–H and O–H groups in total. The predicted octanol–water partition coefficient (Wildman–Crippen LogP) is 7.94. The number of halogens is 6. The smallest absolute Gasteiger partial charge is 0.422 e. The molecule has 0 amide bonds. The number of hydrogen-bond acceptors (Lipinski definition) is 6. The van der Waals surface area contributed by atoms with Crippen LogP contribution in [-0.2, 0) is 11.0 Å². The van der Waals surface area contributed by atoms with E-state index < -0.39 is 32.5 Å². The van der Waals surface area contributed by atoms with Crippen molar-refractivity contribution in [3.05, 3.63) is 46.8 Å². The summed E-state index contributed by atoms with van der Waals surface area (Å²) in [5.74, 6) is 5.55. The standard InChI is InChI=1S/C31H36F6N3O2PS/c1-40(2)21-12-10-20(11-13-21)39-26-8-5-7-23-24(18-30(32,33)34)28(44-29(23)26)9-6-16-38-25-15-14-22(43(3,4)41)17-27(25)42-19-31(35,36)37/h5,7-8,14-15,17,20-21,38-39H,10-13,16,18-19H2,1-4H3. The van der Waals surface area contributed by atoms with Crippen LogP contribution in [0.1, 0.15) is 36.1 Å². The molecule has 3 aromatic rings. The number of rotatable bonds is 9. The minimum absolute atomic E-state index is 0.0719. The molecular weight excluding hydrogens is 623 g/mol. The van der Waals surface area contributed by atoms with Crippen molar-refractivity contribution in [3.8, 4) is 17.6 Å². The maximum Gasteiger partial charge on any atom is 0.422 e. The molecule has 4 rings (SSSR count). The van der Waals surface area contributed by atoms with E-state index in [1.54, 1.807) is 12.1 Å². The molecule has 0 aliphatic heterocycles. The fourth-order valence-corrected chi connectivity index (χ4v) is 7.29. The Hall–Kier alpha value is -2.87. The summed E-state index contributed by atoms with van der Waals surface area (Å²) in [4.78, 5) is 2.51. The minimum atomic E-state index is -4.58. The zero-order valence-corrected chi connectivity index (χ0v) is 26.7. The number of hydrogen-bond donors (Lipinski definition) is 2. The third-order valence-corrected chi connectivity index (χ3v) is 10.2. The fourth-order valence-electron chi connectivity index (χ4n) is 5.25. The Balaban J connectivity index is 1.57. The van der Waals surface area contributed by atoms with Gasteiger partial charge in [0.25, 0.3) is 0 Å². The van der Waals surface area contributed by atoms with E-state index in [0.717, 1.165) is 31.4 Å². The molecule has 0 radical (unpaired) electrons. The maximum absolute atomic E-state index is 13.6. The normalized spacial score (nSPS) is 17.8. The molecule has 2 aromatic carbocycles. The molecule has 240 valence electrons. The first-order valence-corrected chi connectivity index (χ1v) is 17.6. The summed E-state index contributed by atoms with van der Waals surface area (Å²) in [7, 11) is 1.36. The molecule has 1 aliphatic carbocycles. The Morgan fingerprint density at radius 1 is 1.00 bits per heavy atom. The van der Waals surface area contributed by atoms with Crippen LogP contribution < -0.4 is 20.7 Å². The van der Waals surface area contributed by atoms with Gasteiger partial charge in [0.15, 0.2) is 6.61 Å². The van der Waals surface area contributed by atoms with Gasteiger partial charge in [0, 0.05) is 17.4 Å². The van der Waals surface area contributed by atoms with E-state index in [2.05, 4.69) is 41.5 Å². The third kappa shape index (κ3) is 9.32. The Bertz CT molecular complexity index is 1560. The molecule has 0 atom stereocenters.